The fraction of sp³-hybridized carbons (Fsp3) is 0.940. The number of hydrogen-bond donors (Lipinski definition) is 1. The highest BCUT2D eigenvalue weighted by Crippen LogP contribution is 2.21. The first-order chi connectivity index (χ1) is 45.1. The standard InChI is InChI=1S/C83H161NO8/c1-6-8-10-12-14-16-18-20-22-24-26-28-30-32-34-35-36-37-38-39-40-41-42-43-44-45-46-48-49-51-53-55-57-59-61-63-65-67-69-71-73-80(85)90-77-79(78-91-83(82(87)88)89-76-75-84(3,4)5)92-81(86)74-72-70-68-66-64-62-60-58-56-54-52-50-47-33-31-29-27-25-23-21-19-17-15-13-11-9-7-2/h25,27,79,83H,6-24,26,28-78H2,1-5H3/p+1/b27-25-. The predicted octanol–water partition coefficient (Wildman–Crippen LogP) is 26.3. The first-order valence-corrected chi connectivity index (χ1v) is 41.4. The molecule has 0 aromatic rings. The quantitative estimate of drug-likeness (QED) is 0.0211. The molecular formula is C83H162NO8+. The van der Waals surface area contributed by atoms with E-state index in [0.29, 0.717) is 17.4 Å². The molecule has 0 rings (SSSR count). The van der Waals surface area contributed by atoms with Crippen molar-refractivity contribution in [1.82, 2.24) is 0 Å². The van der Waals surface area contributed by atoms with Crippen LogP contribution in [0.25, 0.3) is 0 Å². The molecule has 0 aliphatic rings. The number of unbranched alkanes of at least 4 members (excludes halogenated alkanes) is 62. The highest BCUT2D eigenvalue weighted by atomic mass is 16.7. The maximum absolute atomic E-state index is 13.0. The number of carboxylic acid groups (broad SMARTS) is 1. The van der Waals surface area contributed by atoms with Gasteiger partial charge in [-0.2, -0.15) is 0 Å². The Morgan fingerprint density at radius 1 is 0.315 bits per heavy atom. The normalized spacial score (nSPS) is 12.6. The van der Waals surface area contributed by atoms with Crippen molar-refractivity contribution < 1.29 is 42.9 Å². The Hall–Kier alpha value is -1.97. The number of hydrogen-bond acceptors (Lipinski definition) is 7. The van der Waals surface area contributed by atoms with Crippen LogP contribution in [0.5, 0.6) is 0 Å². The lowest BCUT2D eigenvalue weighted by molar-refractivity contribution is -0.870. The Morgan fingerprint density at radius 2 is 0.554 bits per heavy atom. The van der Waals surface area contributed by atoms with Crippen LogP contribution in [0, 0.1) is 0 Å². The van der Waals surface area contributed by atoms with Gasteiger partial charge < -0.3 is 28.5 Å². The molecule has 0 bridgehead atoms. The van der Waals surface area contributed by atoms with Gasteiger partial charge >= 0.3 is 17.9 Å². The Bertz CT molecular complexity index is 1510. The lowest BCUT2D eigenvalue weighted by atomic mass is 10.0. The van der Waals surface area contributed by atoms with Gasteiger partial charge in [-0.15, -0.1) is 0 Å². The number of aliphatic carboxylic acids is 1. The number of ether oxygens (including phenoxy) is 4. The van der Waals surface area contributed by atoms with Crippen molar-refractivity contribution in [2.45, 2.75) is 456 Å². The molecule has 2 unspecified atom stereocenters. The zero-order valence-corrected chi connectivity index (χ0v) is 62.8. The number of rotatable bonds is 79. The van der Waals surface area contributed by atoms with E-state index in [0.717, 1.165) is 38.5 Å². The molecule has 0 radical (unpaired) electrons. The highest BCUT2D eigenvalue weighted by Gasteiger charge is 2.25. The van der Waals surface area contributed by atoms with Crippen molar-refractivity contribution >= 4 is 17.9 Å². The van der Waals surface area contributed by atoms with Crippen LogP contribution in [0.15, 0.2) is 12.2 Å². The van der Waals surface area contributed by atoms with Crippen molar-refractivity contribution in [1.29, 1.82) is 0 Å². The average molecular weight is 1300 g/mol. The molecule has 0 saturated heterocycles. The minimum atomic E-state index is -1.51. The molecule has 9 nitrogen and oxygen atoms in total. The van der Waals surface area contributed by atoms with Crippen LogP contribution in [0.4, 0.5) is 0 Å². The van der Waals surface area contributed by atoms with Crippen LogP contribution in [0.2, 0.25) is 0 Å². The average Bonchev–Trinajstić information content (AvgIpc) is 3.70. The van der Waals surface area contributed by atoms with Gasteiger partial charge in [-0.1, -0.05) is 405 Å². The summed E-state index contributed by atoms with van der Waals surface area (Å²) in [6.07, 6.45) is 91.1. The molecule has 1 N–H and O–H groups in total. The number of carbonyl (C=O) groups is 3. The van der Waals surface area contributed by atoms with Crippen LogP contribution in [-0.4, -0.2) is 87.4 Å². The lowest BCUT2D eigenvalue weighted by Crippen LogP contribution is -2.40. The molecule has 0 amide bonds. The first kappa shape index (κ1) is 90.0. The Labute approximate surface area is 574 Å². The monoisotopic (exact) mass is 1300 g/mol. The molecule has 2 atom stereocenters. The summed E-state index contributed by atoms with van der Waals surface area (Å²) in [7, 11) is 6.00. The van der Waals surface area contributed by atoms with Crippen molar-refractivity contribution in [3.05, 3.63) is 12.2 Å². The number of carboxylic acids is 1. The van der Waals surface area contributed by atoms with E-state index in [1.165, 1.54) is 379 Å². The second-order valence-corrected chi connectivity index (χ2v) is 29.8. The Kier molecular flexibility index (Phi) is 73.2. The molecule has 0 aromatic heterocycles. The second-order valence-electron chi connectivity index (χ2n) is 29.8. The maximum Gasteiger partial charge on any atom is 0.361 e. The fourth-order valence-corrected chi connectivity index (χ4v) is 13.0. The van der Waals surface area contributed by atoms with E-state index >= 15 is 0 Å². The van der Waals surface area contributed by atoms with Gasteiger partial charge in [-0.3, -0.25) is 9.59 Å². The number of carbonyl (C=O) groups excluding carboxylic acids is 2. The van der Waals surface area contributed by atoms with Crippen LogP contribution >= 0.6 is 0 Å². The molecule has 0 aromatic carbocycles. The number of nitrogens with zero attached hydrogens (tertiary/aromatic N) is 1. The maximum atomic E-state index is 13.0. The minimum absolute atomic E-state index is 0.174. The largest absolute Gasteiger partial charge is 0.477 e. The molecule has 0 aliphatic carbocycles. The van der Waals surface area contributed by atoms with E-state index in [4.69, 9.17) is 18.9 Å². The van der Waals surface area contributed by atoms with Crippen LogP contribution in [0.1, 0.15) is 444 Å². The Balaban J connectivity index is 3.90. The molecule has 0 aliphatic heterocycles. The zero-order chi connectivity index (χ0) is 66.8. The van der Waals surface area contributed by atoms with Gasteiger partial charge in [0.05, 0.1) is 34.4 Å². The van der Waals surface area contributed by atoms with E-state index in [1.54, 1.807) is 0 Å². The number of esters is 2. The van der Waals surface area contributed by atoms with Gasteiger partial charge in [-0.25, -0.2) is 4.79 Å². The van der Waals surface area contributed by atoms with Gasteiger partial charge in [0.15, 0.2) is 6.10 Å². The number of likely N-dealkylation sites (N-methyl/N-ethyl adjacent to an activating group) is 1. The van der Waals surface area contributed by atoms with E-state index in [9.17, 15) is 19.5 Å². The van der Waals surface area contributed by atoms with Crippen molar-refractivity contribution in [2.75, 3.05) is 47.5 Å². The topological polar surface area (TPSA) is 108 Å². The van der Waals surface area contributed by atoms with Gasteiger partial charge in [0, 0.05) is 12.8 Å². The molecule has 0 saturated carbocycles. The van der Waals surface area contributed by atoms with Gasteiger partial charge in [0.2, 0.25) is 0 Å². The zero-order valence-electron chi connectivity index (χ0n) is 62.8. The molecular weight excluding hydrogens is 1140 g/mol. The third kappa shape index (κ3) is 75.4. The SMILES string of the molecule is CCCCCCCCCC/C=C\CCCCCCCCCCCCCCCCCC(=O)OC(COC(=O)CCCCCCCCCCCCCCCCCCCCCCCCCCCCCCCCCCCCCCCCCC)COC(OCC[N+](C)(C)C)C(=O)O. The van der Waals surface area contributed by atoms with E-state index in [1.807, 2.05) is 21.1 Å². The summed E-state index contributed by atoms with van der Waals surface area (Å²) in [6, 6.07) is 0. The summed E-state index contributed by atoms with van der Waals surface area (Å²) >= 11 is 0. The second kappa shape index (κ2) is 74.8. The van der Waals surface area contributed by atoms with Crippen molar-refractivity contribution in [2.24, 2.45) is 0 Å². The summed E-state index contributed by atoms with van der Waals surface area (Å²) in [4.78, 5) is 37.7. The smallest absolute Gasteiger partial charge is 0.361 e. The van der Waals surface area contributed by atoms with Crippen LogP contribution in [0.3, 0.4) is 0 Å². The summed E-state index contributed by atoms with van der Waals surface area (Å²) in [6.45, 7) is 4.97. The summed E-state index contributed by atoms with van der Waals surface area (Å²) in [5, 5.41) is 9.77. The van der Waals surface area contributed by atoms with Crippen molar-refractivity contribution in [3.63, 3.8) is 0 Å². The van der Waals surface area contributed by atoms with E-state index in [-0.39, 0.29) is 38.2 Å². The highest BCUT2D eigenvalue weighted by molar-refractivity contribution is 5.71. The summed E-state index contributed by atoms with van der Waals surface area (Å²) in [5.74, 6) is -1.97. The Morgan fingerprint density at radius 3 is 0.804 bits per heavy atom. The molecule has 0 fully saturated rings. The molecule has 9 heteroatoms. The lowest BCUT2D eigenvalue weighted by Gasteiger charge is -2.25. The fourth-order valence-electron chi connectivity index (χ4n) is 13.0. The predicted molar refractivity (Wildman–Crippen MR) is 397 cm³/mol. The third-order valence-electron chi connectivity index (χ3n) is 19.3. The molecule has 0 heterocycles. The first-order valence-electron chi connectivity index (χ1n) is 41.4. The molecule has 0 spiro atoms. The molecule has 92 heavy (non-hydrogen) atoms. The van der Waals surface area contributed by atoms with E-state index < -0.39 is 18.4 Å². The van der Waals surface area contributed by atoms with Gasteiger partial charge in [-0.05, 0) is 38.5 Å². The molecule has 546 valence electrons. The number of quaternary nitrogens is 1. The van der Waals surface area contributed by atoms with Gasteiger partial charge in [0.25, 0.3) is 6.29 Å². The third-order valence-corrected chi connectivity index (χ3v) is 19.3. The van der Waals surface area contributed by atoms with Gasteiger partial charge in [0.1, 0.15) is 13.2 Å². The number of allylic oxidation sites excluding steroid dienone is 2. The summed E-state index contributed by atoms with van der Waals surface area (Å²) in [5.41, 5.74) is 0. The van der Waals surface area contributed by atoms with Crippen molar-refractivity contribution in [3.8, 4) is 0 Å². The van der Waals surface area contributed by atoms with Crippen LogP contribution in [-0.2, 0) is 33.3 Å². The van der Waals surface area contributed by atoms with E-state index in [2.05, 4.69) is 26.0 Å². The summed E-state index contributed by atoms with van der Waals surface area (Å²) < 4.78 is 23.1. The van der Waals surface area contributed by atoms with Crippen LogP contribution < -0.4 is 0 Å². The minimum Gasteiger partial charge on any atom is -0.477 e.